The van der Waals surface area contributed by atoms with Gasteiger partial charge in [-0.25, -0.2) is 9.97 Å². The molecule has 0 radical (unpaired) electrons. The Labute approximate surface area is 117 Å². The zero-order valence-corrected chi connectivity index (χ0v) is 12.8. The average Bonchev–Trinajstić information content (AvgIpc) is 2.37. The SMILES string of the molecule is CNCC1CCc2nc(CCC(C)C)nc(C)c2C1. The van der Waals surface area contributed by atoms with Crippen LogP contribution in [0.1, 0.15) is 49.5 Å². The van der Waals surface area contributed by atoms with Crippen LogP contribution in [-0.2, 0) is 19.3 Å². The van der Waals surface area contributed by atoms with Crippen molar-refractivity contribution in [1.29, 1.82) is 0 Å². The highest BCUT2D eigenvalue weighted by molar-refractivity contribution is 5.28. The molecular formula is C16H27N3. The third-order valence-electron chi connectivity index (χ3n) is 4.07. The first-order valence-electron chi connectivity index (χ1n) is 7.60. The van der Waals surface area contributed by atoms with Crippen molar-refractivity contribution < 1.29 is 0 Å². The lowest BCUT2D eigenvalue weighted by Crippen LogP contribution is -2.26. The Morgan fingerprint density at radius 2 is 2.11 bits per heavy atom. The molecule has 1 aromatic heterocycles. The van der Waals surface area contributed by atoms with Crippen molar-refractivity contribution in [2.45, 2.75) is 52.9 Å². The number of aryl methyl sites for hydroxylation is 3. The van der Waals surface area contributed by atoms with Crippen LogP contribution in [0.15, 0.2) is 0 Å². The Kier molecular flexibility index (Phi) is 4.92. The molecule has 0 saturated heterocycles. The molecule has 2 rings (SSSR count). The lowest BCUT2D eigenvalue weighted by molar-refractivity contribution is 0.431. The summed E-state index contributed by atoms with van der Waals surface area (Å²) >= 11 is 0. The predicted octanol–water partition coefficient (Wildman–Crippen LogP) is 2.70. The van der Waals surface area contributed by atoms with E-state index >= 15 is 0 Å². The highest BCUT2D eigenvalue weighted by atomic mass is 14.9. The highest BCUT2D eigenvalue weighted by Gasteiger charge is 2.22. The van der Waals surface area contributed by atoms with Gasteiger partial charge in [-0.05, 0) is 63.6 Å². The van der Waals surface area contributed by atoms with Gasteiger partial charge in [0.15, 0.2) is 0 Å². The van der Waals surface area contributed by atoms with Gasteiger partial charge in [0.25, 0.3) is 0 Å². The fourth-order valence-electron chi connectivity index (χ4n) is 2.91. The zero-order chi connectivity index (χ0) is 13.8. The molecule has 3 nitrogen and oxygen atoms in total. The summed E-state index contributed by atoms with van der Waals surface area (Å²) < 4.78 is 0. The first kappa shape index (κ1) is 14.4. The summed E-state index contributed by atoms with van der Waals surface area (Å²) in [7, 11) is 2.04. The van der Waals surface area contributed by atoms with Crippen LogP contribution in [0.25, 0.3) is 0 Å². The molecule has 0 fully saturated rings. The number of rotatable bonds is 5. The van der Waals surface area contributed by atoms with E-state index < -0.39 is 0 Å². The molecule has 0 spiro atoms. The standard InChI is InChI=1S/C16H27N3/c1-11(2)5-8-16-18-12(3)14-9-13(10-17-4)6-7-15(14)19-16/h11,13,17H,5-10H2,1-4H3. The summed E-state index contributed by atoms with van der Waals surface area (Å²) in [6.45, 7) is 7.77. The Morgan fingerprint density at radius 3 is 2.79 bits per heavy atom. The number of hydrogen-bond donors (Lipinski definition) is 1. The Balaban J connectivity index is 2.12. The molecule has 0 amide bonds. The van der Waals surface area contributed by atoms with Gasteiger partial charge in [-0.15, -0.1) is 0 Å². The van der Waals surface area contributed by atoms with Crippen molar-refractivity contribution in [3.05, 3.63) is 22.8 Å². The van der Waals surface area contributed by atoms with Crippen LogP contribution < -0.4 is 5.32 Å². The minimum Gasteiger partial charge on any atom is -0.319 e. The van der Waals surface area contributed by atoms with E-state index in [1.54, 1.807) is 0 Å². The summed E-state index contributed by atoms with van der Waals surface area (Å²) in [5.41, 5.74) is 3.95. The van der Waals surface area contributed by atoms with E-state index in [9.17, 15) is 0 Å². The molecular weight excluding hydrogens is 234 g/mol. The quantitative estimate of drug-likeness (QED) is 0.885. The van der Waals surface area contributed by atoms with Gasteiger partial charge in [-0.2, -0.15) is 0 Å². The third-order valence-corrected chi connectivity index (χ3v) is 4.07. The maximum Gasteiger partial charge on any atom is 0.128 e. The second-order valence-corrected chi connectivity index (χ2v) is 6.25. The molecule has 1 heterocycles. The molecule has 0 bridgehead atoms. The highest BCUT2D eigenvalue weighted by Crippen LogP contribution is 2.26. The maximum atomic E-state index is 4.81. The molecule has 1 aliphatic rings. The number of hydrogen-bond acceptors (Lipinski definition) is 3. The molecule has 106 valence electrons. The maximum absolute atomic E-state index is 4.81. The van der Waals surface area contributed by atoms with Gasteiger partial charge < -0.3 is 5.32 Å². The molecule has 0 saturated carbocycles. The van der Waals surface area contributed by atoms with Gasteiger partial charge in [0, 0.05) is 17.8 Å². The number of fused-ring (bicyclic) bond motifs is 1. The van der Waals surface area contributed by atoms with Crippen molar-refractivity contribution in [2.24, 2.45) is 11.8 Å². The number of nitrogens with zero attached hydrogens (tertiary/aromatic N) is 2. The summed E-state index contributed by atoms with van der Waals surface area (Å²) in [4.78, 5) is 9.53. The summed E-state index contributed by atoms with van der Waals surface area (Å²) in [6.07, 6.45) is 5.73. The molecule has 0 aliphatic heterocycles. The van der Waals surface area contributed by atoms with Gasteiger partial charge in [-0.1, -0.05) is 13.8 Å². The van der Waals surface area contributed by atoms with Crippen molar-refractivity contribution in [3.63, 3.8) is 0 Å². The third kappa shape index (κ3) is 3.75. The first-order chi connectivity index (χ1) is 9.10. The second-order valence-electron chi connectivity index (χ2n) is 6.25. The average molecular weight is 261 g/mol. The van der Waals surface area contributed by atoms with Crippen LogP contribution in [0.3, 0.4) is 0 Å². The van der Waals surface area contributed by atoms with Crippen molar-refractivity contribution in [1.82, 2.24) is 15.3 Å². The van der Waals surface area contributed by atoms with Crippen LogP contribution in [-0.4, -0.2) is 23.6 Å². The van der Waals surface area contributed by atoms with E-state index in [0.29, 0.717) is 0 Å². The van der Waals surface area contributed by atoms with E-state index in [2.05, 4.69) is 26.1 Å². The lowest BCUT2D eigenvalue weighted by Gasteiger charge is -2.25. The Morgan fingerprint density at radius 1 is 1.32 bits per heavy atom. The van der Waals surface area contributed by atoms with Crippen LogP contribution in [0.4, 0.5) is 0 Å². The normalized spacial score (nSPS) is 18.7. The predicted molar refractivity (Wildman–Crippen MR) is 79.4 cm³/mol. The van der Waals surface area contributed by atoms with Gasteiger partial charge in [-0.3, -0.25) is 0 Å². The molecule has 3 heteroatoms. The van der Waals surface area contributed by atoms with E-state index in [0.717, 1.165) is 43.5 Å². The fraction of sp³-hybridized carbons (Fsp3) is 0.750. The largest absolute Gasteiger partial charge is 0.319 e. The minimum absolute atomic E-state index is 0.722. The van der Waals surface area contributed by atoms with E-state index in [4.69, 9.17) is 9.97 Å². The first-order valence-corrected chi connectivity index (χ1v) is 7.60. The smallest absolute Gasteiger partial charge is 0.128 e. The molecule has 1 aromatic rings. The molecule has 1 aliphatic carbocycles. The molecule has 0 aromatic carbocycles. The second kappa shape index (κ2) is 6.47. The number of aromatic nitrogens is 2. The summed E-state index contributed by atoms with van der Waals surface area (Å²) in [6, 6.07) is 0. The van der Waals surface area contributed by atoms with Gasteiger partial charge >= 0.3 is 0 Å². The van der Waals surface area contributed by atoms with E-state index in [1.165, 1.54) is 29.8 Å². The van der Waals surface area contributed by atoms with Gasteiger partial charge in [0.1, 0.15) is 5.82 Å². The van der Waals surface area contributed by atoms with Crippen LogP contribution in [0.2, 0.25) is 0 Å². The minimum atomic E-state index is 0.722. The lowest BCUT2D eigenvalue weighted by atomic mass is 9.85. The number of nitrogens with one attached hydrogen (secondary N) is 1. The van der Waals surface area contributed by atoms with Crippen LogP contribution >= 0.6 is 0 Å². The Hall–Kier alpha value is -0.960. The van der Waals surface area contributed by atoms with E-state index in [-0.39, 0.29) is 0 Å². The summed E-state index contributed by atoms with van der Waals surface area (Å²) in [5, 5.41) is 3.29. The monoisotopic (exact) mass is 261 g/mol. The molecule has 1 unspecified atom stereocenters. The van der Waals surface area contributed by atoms with Crippen LogP contribution in [0, 0.1) is 18.8 Å². The van der Waals surface area contributed by atoms with Crippen LogP contribution in [0.5, 0.6) is 0 Å². The van der Waals surface area contributed by atoms with Gasteiger partial charge in [0.2, 0.25) is 0 Å². The van der Waals surface area contributed by atoms with Crippen molar-refractivity contribution in [3.8, 4) is 0 Å². The molecule has 19 heavy (non-hydrogen) atoms. The summed E-state index contributed by atoms with van der Waals surface area (Å²) in [5.74, 6) is 2.53. The van der Waals surface area contributed by atoms with Crippen molar-refractivity contribution >= 4 is 0 Å². The zero-order valence-electron chi connectivity index (χ0n) is 12.8. The van der Waals surface area contributed by atoms with Gasteiger partial charge in [0.05, 0.1) is 0 Å². The topological polar surface area (TPSA) is 37.8 Å². The molecule has 1 atom stereocenters. The molecule has 1 N–H and O–H groups in total. The van der Waals surface area contributed by atoms with E-state index in [1.807, 2.05) is 7.05 Å². The Bertz CT molecular complexity index is 426. The van der Waals surface area contributed by atoms with Crippen molar-refractivity contribution in [2.75, 3.05) is 13.6 Å². The fourth-order valence-corrected chi connectivity index (χ4v) is 2.91.